The Morgan fingerprint density at radius 3 is 3.00 bits per heavy atom. The third-order valence-corrected chi connectivity index (χ3v) is 3.55. The van der Waals surface area contributed by atoms with Crippen molar-refractivity contribution in [1.29, 1.82) is 0 Å². The van der Waals surface area contributed by atoms with Crippen molar-refractivity contribution in [2.75, 3.05) is 11.1 Å². The molecule has 0 bridgehead atoms. The molecular formula is C11H10ClFN4OS. The number of amides is 1. The average molecular weight is 301 g/mol. The number of rotatable bonds is 4. The zero-order valence-electron chi connectivity index (χ0n) is 9.93. The lowest BCUT2D eigenvalue weighted by molar-refractivity contribution is -0.113. The van der Waals surface area contributed by atoms with Crippen LogP contribution >= 0.6 is 23.4 Å². The molecule has 0 aliphatic carbocycles. The number of carbonyl (C=O) groups excluding carboxylic acids is 1. The van der Waals surface area contributed by atoms with Crippen LogP contribution in [0.25, 0.3) is 0 Å². The van der Waals surface area contributed by atoms with Crippen LogP contribution < -0.4 is 5.32 Å². The zero-order valence-corrected chi connectivity index (χ0v) is 11.5. The molecule has 100 valence electrons. The van der Waals surface area contributed by atoms with Crippen LogP contribution in [-0.4, -0.2) is 26.4 Å². The molecule has 0 aliphatic heterocycles. The first-order valence-corrected chi connectivity index (χ1v) is 6.64. The smallest absolute Gasteiger partial charge is 0.234 e. The predicted molar refractivity (Wildman–Crippen MR) is 71.8 cm³/mol. The second-order valence-corrected chi connectivity index (χ2v) is 5.04. The van der Waals surface area contributed by atoms with E-state index in [0.29, 0.717) is 10.8 Å². The minimum atomic E-state index is -0.448. The van der Waals surface area contributed by atoms with Crippen LogP contribution in [0.3, 0.4) is 0 Å². The molecule has 0 atom stereocenters. The van der Waals surface area contributed by atoms with E-state index in [1.165, 1.54) is 23.9 Å². The zero-order chi connectivity index (χ0) is 13.8. The normalized spacial score (nSPS) is 10.5. The second kappa shape index (κ2) is 6.03. The van der Waals surface area contributed by atoms with Crippen molar-refractivity contribution in [2.24, 2.45) is 7.05 Å². The summed E-state index contributed by atoms with van der Waals surface area (Å²) < 4.78 is 14.6. The van der Waals surface area contributed by atoms with E-state index < -0.39 is 5.82 Å². The number of benzene rings is 1. The third-order valence-electron chi connectivity index (χ3n) is 2.21. The first-order chi connectivity index (χ1) is 9.06. The summed E-state index contributed by atoms with van der Waals surface area (Å²) in [6, 6.07) is 3.80. The quantitative estimate of drug-likeness (QED) is 0.881. The topological polar surface area (TPSA) is 59.8 Å². The largest absolute Gasteiger partial charge is 0.324 e. The molecule has 1 heterocycles. The lowest BCUT2D eigenvalue weighted by Crippen LogP contribution is -2.14. The Morgan fingerprint density at radius 2 is 2.37 bits per heavy atom. The van der Waals surface area contributed by atoms with Crippen LogP contribution in [0.15, 0.2) is 29.7 Å². The van der Waals surface area contributed by atoms with Gasteiger partial charge in [-0.3, -0.25) is 4.79 Å². The number of anilines is 1. The van der Waals surface area contributed by atoms with Gasteiger partial charge in [-0.25, -0.2) is 4.39 Å². The Bertz CT molecular complexity index is 604. The fraction of sp³-hybridized carbons (Fsp3) is 0.182. The maximum absolute atomic E-state index is 12.8. The van der Waals surface area contributed by atoms with Crippen molar-refractivity contribution in [3.05, 3.63) is 35.4 Å². The summed E-state index contributed by atoms with van der Waals surface area (Å²) in [5, 5.41) is 11.0. The average Bonchev–Trinajstić information content (AvgIpc) is 2.76. The van der Waals surface area contributed by atoms with Gasteiger partial charge < -0.3 is 9.88 Å². The highest BCUT2D eigenvalue weighted by Crippen LogP contribution is 2.23. The molecule has 2 rings (SSSR count). The number of aromatic nitrogens is 3. The fourth-order valence-corrected chi connectivity index (χ4v) is 2.21. The van der Waals surface area contributed by atoms with Crippen LogP contribution in [0, 0.1) is 5.82 Å². The lowest BCUT2D eigenvalue weighted by Gasteiger charge is -2.06. The maximum atomic E-state index is 12.8. The van der Waals surface area contributed by atoms with E-state index in [4.69, 9.17) is 11.6 Å². The summed E-state index contributed by atoms with van der Waals surface area (Å²) in [6.45, 7) is 0. The minimum Gasteiger partial charge on any atom is -0.324 e. The summed E-state index contributed by atoms with van der Waals surface area (Å²) >= 11 is 7.06. The number of thioether (sulfide) groups is 1. The van der Waals surface area contributed by atoms with Gasteiger partial charge >= 0.3 is 0 Å². The van der Waals surface area contributed by atoms with E-state index in [-0.39, 0.29) is 16.7 Å². The molecule has 1 aromatic carbocycles. The predicted octanol–water partition coefficient (Wildman–Crippen LogP) is 2.34. The van der Waals surface area contributed by atoms with Gasteiger partial charge in [-0.2, -0.15) is 0 Å². The van der Waals surface area contributed by atoms with Gasteiger partial charge in [0.2, 0.25) is 5.91 Å². The highest BCUT2D eigenvalue weighted by Gasteiger charge is 2.09. The Morgan fingerprint density at radius 1 is 1.58 bits per heavy atom. The number of hydrogen-bond acceptors (Lipinski definition) is 4. The molecule has 1 N–H and O–H groups in total. The SMILES string of the molecule is Cn1cnnc1SCC(=O)Nc1ccc(F)cc1Cl. The minimum absolute atomic E-state index is 0.164. The molecule has 2 aromatic rings. The van der Waals surface area contributed by atoms with Crippen LogP contribution in [0.4, 0.5) is 10.1 Å². The van der Waals surface area contributed by atoms with Crippen LogP contribution in [0.1, 0.15) is 0 Å². The number of nitrogens with one attached hydrogen (secondary N) is 1. The van der Waals surface area contributed by atoms with Crippen LogP contribution in [-0.2, 0) is 11.8 Å². The molecule has 0 spiro atoms. The summed E-state index contributed by atoms with van der Waals surface area (Å²) in [5.74, 6) is -0.529. The van der Waals surface area contributed by atoms with Crippen molar-refractivity contribution in [3.8, 4) is 0 Å². The number of hydrogen-bond donors (Lipinski definition) is 1. The van der Waals surface area contributed by atoms with Crippen molar-refractivity contribution in [3.63, 3.8) is 0 Å². The van der Waals surface area contributed by atoms with Crippen molar-refractivity contribution in [1.82, 2.24) is 14.8 Å². The van der Waals surface area contributed by atoms with E-state index >= 15 is 0 Å². The molecule has 0 radical (unpaired) electrons. The molecule has 0 aliphatic rings. The molecule has 19 heavy (non-hydrogen) atoms. The standard InChI is InChI=1S/C11H10ClFN4OS/c1-17-6-14-16-11(17)19-5-10(18)15-9-3-2-7(13)4-8(9)12/h2-4,6H,5H2,1H3,(H,15,18). The Balaban J connectivity index is 1.93. The van der Waals surface area contributed by atoms with E-state index in [1.54, 1.807) is 17.9 Å². The summed E-state index contributed by atoms with van der Waals surface area (Å²) in [4.78, 5) is 11.7. The number of carbonyl (C=O) groups is 1. The number of aryl methyl sites for hydroxylation is 1. The van der Waals surface area contributed by atoms with Gasteiger partial charge in [0.05, 0.1) is 16.5 Å². The van der Waals surface area contributed by atoms with Crippen LogP contribution in [0.2, 0.25) is 5.02 Å². The van der Waals surface area contributed by atoms with Crippen molar-refractivity contribution < 1.29 is 9.18 Å². The highest BCUT2D eigenvalue weighted by molar-refractivity contribution is 7.99. The number of halogens is 2. The Hall–Kier alpha value is -1.60. The summed E-state index contributed by atoms with van der Waals surface area (Å²) in [5.41, 5.74) is 0.381. The molecule has 0 saturated heterocycles. The maximum Gasteiger partial charge on any atom is 0.234 e. The van der Waals surface area contributed by atoms with Crippen LogP contribution in [0.5, 0.6) is 0 Å². The van der Waals surface area contributed by atoms with Gasteiger partial charge in [0.1, 0.15) is 12.1 Å². The van der Waals surface area contributed by atoms with Crippen molar-refractivity contribution in [2.45, 2.75) is 5.16 Å². The van der Waals surface area contributed by atoms with E-state index in [2.05, 4.69) is 15.5 Å². The molecule has 0 saturated carbocycles. The molecule has 0 unspecified atom stereocenters. The second-order valence-electron chi connectivity index (χ2n) is 3.69. The molecule has 1 aromatic heterocycles. The van der Waals surface area contributed by atoms with Crippen molar-refractivity contribution >= 4 is 35.0 Å². The Labute approximate surface area is 118 Å². The lowest BCUT2D eigenvalue weighted by atomic mass is 10.3. The fourth-order valence-electron chi connectivity index (χ4n) is 1.31. The highest BCUT2D eigenvalue weighted by atomic mass is 35.5. The van der Waals surface area contributed by atoms with E-state index in [9.17, 15) is 9.18 Å². The van der Waals surface area contributed by atoms with Gasteiger partial charge in [0, 0.05) is 7.05 Å². The molecule has 8 heteroatoms. The summed E-state index contributed by atoms with van der Waals surface area (Å²) in [6.07, 6.45) is 1.55. The first-order valence-electron chi connectivity index (χ1n) is 5.28. The summed E-state index contributed by atoms with van der Waals surface area (Å²) in [7, 11) is 1.79. The van der Waals surface area contributed by atoms with E-state index in [1.807, 2.05) is 0 Å². The molecule has 0 fully saturated rings. The number of nitrogens with zero attached hydrogens (tertiary/aromatic N) is 3. The van der Waals surface area contributed by atoms with Gasteiger partial charge in [0.25, 0.3) is 0 Å². The molecule has 1 amide bonds. The third kappa shape index (κ3) is 3.68. The molecular weight excluding hydrogens is 291 g/mol. The van der Waals surface area contributed by atoms with Gasteiger partial charge in [-0.05, 0) is 18.2 Å². The monoisotopic (exact) mass is 300 g/mol. The Kier molecular flexibility index (Phi) is 4.39. The first kappa shape index (κ1) is 13.8. The van der Waals surface area contributed by atoms with E-state index in [0.717, 1.165) is 6.07 Å². The van der Waals surface area contributed by atoms with Gasteiger partial charge in [-0.1, -0.05) is 23.4 Å². The van der Waals surface area contributed by atoms with Gasteiger partial charge in [0.15, 0.2) is 5.16 Å². The molecule has 5 nitrogen and oxygen atoms in total. The van der Waals surface area contributed by atoms with Gasteiger partial charge in [-0.15, -0.1) is 10.2 Å².